The van der Waals surface area contributed by atoms with Gasteiger partial charge in [0.2, 0.25) is 0 Å². The van der Waals surface area contributed by atoms with Gasteiger partial charge in [0.15, 0.2) is 0 Å². The highest BCUT2D eigenvalue weighted by Gasteiger charge is 2.27. The SMILES string of the molecule is O=C(OCC1CC1)c1ccc([C@H]2CCC[C@H](OCC3CC3)C2)cc1. The molecule has 3 saturated carbocycles. The number of carbonyl (C=O) groups is 1. The Morgan fingerprint density at radius 2 is 1.62 bits per heavy atom. The lowest BCUT2D eigenvalue weighted by Crippen LogP contribution is -2.22. The predicted molar refractivity (Wildman–Crippen MR) is 93.1 cm³/mol. The van der Waals surface area contributed by atoms with Crippen molar-refractivity contribution in [3.05, 3.63) is 35.4 Å². The van der Waals surface area contributed by atoms with E-state index in [1.165, 1.54) is 50.5 Å². The van der Waals surface area contributed by atoms with Crippen LogP contribution >= 0.6 is 0 Å². The first-order valence-electron chi connectivity index (χ1n) is 9.66. The van der Waals surface area contributed by atoms with Crippen LogP contribution in [0.25, 0.3) is 0 Å². The first kappa shape index (κ1) is 16.1. The highest BCUT2D eigenvalue weighted by molar-refractivity contribution is 5.89. The van der Waals surface area contributed by atoms with Crippen molar-refractivity contribution in [2.24, 2.45) is 11.8 Å². The quantitative estimate of drug-likeness (QED) is 0.680. The number of benzene rings is 1. The maximum absolute atomic E-state index is 12.0. The average Bonchev–Trinajstić information content (AvgIpc) is 3.53. The van der Waals surface area contributed by atoms with Gasteiger partial charge in [-0.25, -0.2) is 4.79 Å². The second-order valence-corrected chi connectivity index (χ2v) is 7.93. The minimum atomic E-state index is -0.178. The first-order valence-corrected chi connectivity index (χ1v) is 9.66. The summed E-state index contributed by atoms with van der Waals surface area (Å²) < 4.78 is 11.5. The van der Waals surface area contributed by atoms with Gasteiger partial charge in [-0.15, -0.1) is 0 Å². The molecule has 1 aromatic carbocycles. The van der Waals surface area contributed by atoms with Gasteiger partial charge in [0, 0.05) is 6.61 Å². The van der Waals surface area contributed by atoms with Crippen LogP contribution in [-0.4, -0.2) is 25.3 Å². The number of hydrogen-bond donors (Lipinski definition) is 0. The second kappa shape index (κ2) is 7.26. The zero-order valence-corrected chi connectivity index (χ0v) is 14.4. The largest absolute Gasteiger partial charge is 0.462 e. The molecule has 2 atom stereocenters. The van der Waals surface area contributed by atoms with E-state index in [4.69, 9.17) is 9.47 Å². The molecule has 0 saturated heterocycles. The van der Waals surface area contributed by atoms with Gasteiger partial charge in [-0.2, -0.15) is 0 Å². The van der Waals surface area contributed by atoms with Crippen LogP contribution in [0.2, 0.25) is 0 Å². The fourth-order valence-electron chi connectivity index (χ4n) is 3.61. The first-order chi connectivity index (χ1) is 11.8. The van der Waals surface area contributed by atoms with Gasteiger partial charge in [-0.3, -0.25) is 0 Å². The molecule has 0 amide bonds. The van der Waals surface area contributed by atoms with E-state index in [0.717, 1.165) is 18.9 Å². The Hall–Kier alpha value is -1.35. The van der Waals surface area contributed by atoms with Crippen LogP contribution in [0.4, 0.5) is 0 Å². The number of esters is 1. The van der Waals surface area contributed by atoms with Gasteiger partial charge in [-0.1, -0.05) is 18.6 Å². The monoisotopic (exact) mass is 328 g/mol. The zero-order valence-electron chi connectivity index (χ0n) is 14.4. The van der Waals surface area contributed by atoms with Crippen molar-refractivity contribution in [2.75, 3.05) is 13.2 Å². The number of ether oxygens (including phenoxy) is 2. The molecule has 1 aromatic rings. The van der Waals surface area contributed by atoms with E-state index in [0.29, 0.717) is 30.1 Å². The molecule has 3 heteroatoms. The van der Waals surface area contributed by atoms with Crippen molar-refractivity contribution in [1.82, 2.24) is 0 Å². The van der Waals surface area contributed by atoms with Crippen molar-refractivity contribution >= 4 is 5.97 Å². The van der Waals surface area contributed by atoms with Crippen molar-refractivity contribution < 1.29 is 14.3 Å². The summed E-state index contributed by atoms with van der Waals surface area (Å²) in [7, 11) is 0. The molecule has 3 aliphatic carbocycles. The maximum atomic E-state index is 12.0. The Balaban J connectivity index is 1.30. The van der Waals surface area contributed by atoms with Gasteiger partial charge in [0.1, 0.15) is 0 Å². The van der Waals surface area contributed by atoms with Crippen LogP contribution in [0, 0.1) is 11.8 Å². The lowest BCUT2D eigenvalue weighted by atomic mass is 9.82. The van der Waals surface area contributed by atoms with Crippen molar-refractivity contribution in [2.45, 2.75) is 63.4 Å². The Bertz CT molecular complexity index is 557. The molecule has 0 aromatic heterocycles. The molecule has 0 heterocycles. The van der Waals surface area contributed by atoms with E-state index in [-0.39, 0.29) is 5.97 Å². The molecule has 0 bridgehead atoms. The van der Waals surface area contributed by atoms with Crippen LogP contribution in [0.5, 0.6) is 0 Å². The molecule has 3 nitrogen and oxygen atoms in total. The molecular weight excluding hydrogens is 300 g/mol. The Kier molecular flexibility index (Phi) is 4.88. The van der Waals surface area contributed by atoms with E-state index in [2.05, 4.69) is 12.1 Å². The van der Waals surface area contributed by atoms with Crippen molar-refractivity contribution in [3.8, 4) is 0 Å². The fourth-order valence-corrected chi connectivity index (χ4v) is 3.61. The van der Waals surface area contributed by atoms with Gasteiger partial charge in [-0.05, 0) is 80.4 Å². The van der Waals surface area contributed by atoms with Crippen molar-refractivity contribution in [1.29, 1.82) is 0 Å². The lowest BCUT2D eigenvalue weighted by molar-refractivity contribution is 0.0168. The standard InChI is InChI=1S/C21H28O3/c22-21(24-14-16-6-7-16)18-10-8-17(9-11-18)19-2-1-3-20(12-19)23-13-15-4-5-15/h8-11,15-16,19-20H,1-7,12-14H2/t19-,20-/m0/s1. The number of hydrogen-bond acceptors (Lipinski definition) is 3. The molecule has 3 aliphatic rings. The van der Waals surface area contributed by atoms with Crippen LogP contribution in [0.3, 0.4) is 0 Å². The molecule has 0 aliphatic heterocycles. The van der Waals surface area contributed by atoms with E-state index in [9.17, 15) is 4.79 Å². The van der Waals surface area contributed by atoms with Crippen LogP contribution in [-0.2, 0) is 9.47 Å². The summed E-state index contributed by atoms with van der Waals surface area (Å²) in [5.41, 5.74) is 2.02. The fraction of sp³-hybridized carbons (Fsp3) is 0.667. The molecule has 0 unspecified atom stereocenters. The van der Waals surface area contributed by atoms with E-state index in [1.54, 1.807) is 0 Å². The Morgan fingerprint density at radius 1 is 0.917 bits per heavy atom. The van der Waals surface area contributed by atoms with Gasteiger partial charge >= 0.3 is 5.97 Å². The van der Waals surface area contributed by atoms with E-state index < -0.39 is 0 Å². The summed E-state index contributed by atoms with van der Waals surface area (Å²) in [6.45, 7) is 1.55. The molecule has 0 spiro atoms. The normalized spacial score (nSPS) is 27.0. The van der Waals surface area contributed by atoms with Gasteiger partial charge in [0.05, 0.1) is 18.3 Å². The van der Waals surface area contributed by atoms with Crippen LogP contribution in [0.1, 0.15) is 73.2 Å². The summed E-state index contributed by atoms with van der Waals surface area (Å²) >= 11 is 0. The molecule has 0 N–H and O–H groups in total. The minimum absolute atomic E-state index is 0.178. The molecule has 24 heavy (non-hydrogen) atoms. The van der Waals surface area contributed by atoms with Crippen LogP contribution in [0.15, 0.2) is 24.3 Å². The second-order valence-electron chi connectivity index (χ2n) is 7.93. The highest BCUT2D eigenvalue weighted by atomic mass is 16.5. The summed E-state index contributed by atoms with van der Waals surface area (Å²) in [5, 5.41) is 0. The third kappa shape index (κ3) is 4.38. The summed E-state index contributed by atoms with van der Waals surface area (Å²) in [5.74, 6) is 1.84. The summed E-state index contributed by atoms with van der Waals surface area (Å²) in [6, 6.07) is 8.09. The third-order valence-corrected chi connectivity index (χ3v) is 5.66. The predicted octanol–water partition coefficient (Wildman–Crippen LogP) is 4.71. The molecule has 4 rings (SSSR count). The zero-order chi connectivity index (χ0) is 16.4. The van der Waals surface area contributed by atoms with E-state index >= 15 is 0 Å². The van der Waals surface area contributed by atoms with Gasteiger partial charge < -0.3 is 9.47 Å². The number of carbonyl (C=O) groups excluding carboxylic acids is 1. The third-order valence-electron chi connectivity index (χ3n) is 5.66. The smallest absolute Gasteiger partial charge is 0.338 e. The summed E-state index contributed by atoms with van der Waals surface area (Å²) in [6.07, 6.45) is 10.3. The molecule has 3 fully saturated rings. The molecule has 130 valence electrons. The summed E-state index contributed by atoms with van der Waals surface area (Å²) in [4.78, 5) is 12.0. The Labute approximate surface area is 144 Å². The van der Waals surface area contributed by atoms with Crippen molar-refractivity contribution in [3.63, 3.8) is 0 Å². The molecule has 0 radical (unpaired) electrons. The van der Waals surface area contributed by atoms with Crippen LogP contribution < -0.4 is 0 Å². The average molecular weight is 328 g/mol. The van der Waals surface area contributed by atoms with E-state index in [1.807, 2.05) is 12.1 Å². The minimum Gasteiger partial charge on any atom is -0.462 e. The topological polar surface area (TPSA) is 35.5 Å². The maximum Gasteiger partial charge on any atom is 0.338 e. The van der Waals surface area contributed by atoms with Gasteiger partial charge in [0.25, 0.3) is 0 Å². The number of rotatable bonds is 7. The highest BCUT2D eigenvalue weighted by Crippen LogP contribution is 2.36. The molecular formula is C21H28O3. The Morgan fingerprint density at radius 3 is 2.33 bits per heavy atom. The lowest BCUT2D eigenvalue weighted by Gasteiger charge is -2.29.